The molecule has 1 aromatic rings. The lowest BCUT2D eigenvalue weighted by molar-refractivity contribution is 0.171. The van der Waals surface area contributed by atoms with E-state index in [9.17, 15) is 0 Å². The fourth-order valence-electron chi connectivity index (χ4n) is 1.74. The van der Waals surface area contributed by atoms with E-state index in [1.807, 2.05) is 12.1 Å². The van der Waals surface area contributed by atoms with Crippen LogP contribution in [0.3, 0.4) is 0 Å². The molecular formula is C13H20N2O2. The second kappa shape index (κ2) is 5.89. The molecule has 0 aromatic heterocycles. The van der Waals surface area contributed by atoms with E-state index in [-0.39, 0.29) is 0 Å². The number of ether oxygens (including phenoxy) is 2. The fourth-order valence-corrected chi connectivity index (χ4v) is 1.74. The van der Waals surface area contributed by atoms with Crippen molar-refractivity contribution in [3.63, 3.8) is 0 Å². The summed E-state index contributed by atoms with van der Waals surface area (Å²) >= 11 is 0. The van der Waals surface area contributed by atoms with Crippen LogP contribution in [0.15, 0.2) is 18.2 Å². The average molecular weight is 236 g/mol. The van der Waals surface area contributed by atoms with Crippen LogP contribution in [0.5, 0.6) is 11.5 Å². The van der Waals surface area contributed by atoms with Gasteiger partial charge in [-0.05, 0) is 36.7 Å². The van der Waals surface area contributed by atoms with Crippen LogP contribution in [0.25, 0.3) is 0 Å². The van der Waals surface area contributed by atoms with Crippen LogP contribution >= 0.6 is 0 Å². The number of benzene rings is 1. The van der Waals surface area contributed by atoms with Crippen molar-refractivity contribution < 1.29 is 9.47 Å². The maximum atomic E-state index is 5.57. The molecule has 2 rings (SSSR count). The Labute approximate surface area is 102 Å². The summed E-state index contributed by atoms with van der Waals surface area (Å²) in [6.45, 7) is 5.89. The highest BCUT2D eigenvalue weighted by Gasteiger charge is 2.11. The van der Waals surface area contributed by atoms with Gasteiger partial charge in [-0.3, -0.25) is 0 Å². The van der Waals surface area contributed by atoms with E-state index in [0.29, 0.717) is 25.7 Å². The molecule has 0 fully saturated rings. The van der Waals surface area contributed by atoms with Gasteiger partial charge in [0.1, 0.15) is 13.2 Å². The summed E-state index contributed by atoms with van der Waals surface area (Å²) in [5, 5.41) is 3.38. The molecule has 0 radical (unpaired) electrons. The minimum atomic E-state index is 0.507. The summed E-state index contributed by atoms with van der Waals surface area (Å²) < 4.78 is 11.0. The molecule has 1 aliphatic rings. The Morgan fingerprint density at radius 3 is 2.82 bits per heavy atom. The lowest BCUT2D eigenvalue weighted by Gasteiger charge is -2.19. The van der Waals surface area contributed by atoms with E-state index in [0.717, 1.165) is 24.6 Å². The predicted molar refractivity (Wildman–Crippen MR) is 67.4 cm³/mol. The first-order valence-corrected chi connectivity index (χ1v) is 6.09. The Morgan fingerprint density at radius 1 is 1.29 bits per heavy atom. The summed E-state index contributed by atoms with van der Waals surface area (Å²) in [5.41, 5.74) is 6.77. The van der Waals surface area contributed by atoms with E-state index in [1.165, 1.54) is 5.56 Å². The molecule has 0 spiro atoms. The molecule has 1 aliphatic heterocycles. The van der Waals surface area contributed by atoms with Crippen molar-refractivity contribution in [3.05, 3.63) is 23.8 Å². The molecule has 4 nitrogen and oxygen atoms in total. The van der Waals surface area contributed by atoms with Crippen LogP contribution in [0.1, 0.15) is 12.5 Å². The average Bonchev–Trinajstić information content (AvgIpc) is 2.38. The van der Waals surface area contributed by atoms with Gasteiger partial charge >= 0.3 is 0 Å². The van der Waals surface area contributed by atoms with E-state index in [4.69, 9.17) is 15.2 Å². The van der Waals surface area contributed by atoms with Gasteiger partial charge in [0.15, 0.2) is 11.5 Å². The minimum absolute atomic E-state index is 0.507. The Morgan fingerprint density at radius 2 is 2.06 bits per heavy atom. The van der Waals surface area contributed by atoms with Gasteiger partial charge in [-0.15, -0.1) is 0 Å². The van der Waals surface area contributed by atoms with Gasteiger partial charge in [-0.1, -0.05) is 13.0 Å². The standard InChI is InChI=1S/C13H20N2O2/c1-10(7-14)8-15-9-11-2-3-12-13(6-11)17-5-4-16-12/h2-3,6,10,15H,4-5,7-9,14H2,1H3. The smallest absolute Gasteiger partial charge is 0.161 e. The van der Waals surface area contributed by atoms with Crippen molar-refractivity contribution in [2.75, 3.05) is 26.3 Å². The molecule has 17 heavy (non-hydrogen) atoms. The summed E-state index contributed by atoms with van der Waals surface area (Å²) in [7, 11) is 0. The second-order valence-corrected chi connectivity index (χ2v) is 4.45. The quantitative estimate of drug-likeness (QED) is 0.805. The van der Waals surface area contributed by atoms with Crippen molar-refractivity contribution in [1.82, 2.24) is 5.32 Å². The van der Waals surface area contributed by atoms with Gasteiger partial charge in [-0.25, -0.2) is 0 Å². The van der Waals surface area contributed by atoms with Crippen molar-refractivity contribution in [1.29, 1.82) is 0 Å². The molecule has 1 heterocycles. The Bertz CT molecular complexity index is 368. The number of fused-ring (bicyclic) bond motifs is 1. The van der Waals surface area contributed by atoms with Crippen LogP contribution in [0, 0.1) is 5.92 Å². The van der Waals surface area contributed by atoms with Crippen molar-refractivity contribution in [3.8, 4) is 11.5 Å². The molecule has 0 amide bonds. The molecule has 0 saturated carbocycles. The molecule has 0 saturated heterocycles. The zero-order valence-corrected chi connectivity index (χ0v) is 10.2. The maximum Gasteiger partial charge on any atom is 0.161 e. The lowest BCUT2D eigenvalue weighted by Crippen LogP contribution is -2.25. The summed E-state index contributed by atoms with van der Waals surface area (Å²) in [6.07, 6.45) is 0. The van der Waals surface area contributed by atoms with E-state index in [1.54, 1.807) is 0 Å². The fraction of sp³-hybridized carbons (Fsp3) is 0.538. The van der Waals surface area contributed by atoms with Crippen LogP contribution < -0.4 is 20.5 Å². The highest BCUT2D eigenvalue weighted by atomic mass is 16.6. The largest absolute Gasteiger partial charge is 0.486 e. The maximum absolute atomic E-state index is 5.57. The Hall–Kier alpha value is -1.26. The third-order valence-electron chi connectivity index (χ3n) is 2.83. The van der Waals surface area contributed by atoms with Crippen molar-refractivity contribution >= 4 is 0 Å². The summed E-state index contributed by atoms with van der Waals surface area (Å²) in [4.78, 5) is 0. The zero-order chi connectivity index (χ0) is 12.1. The molecule has 94 valence electrons. The van der Waals surface area contributed by atoms with Crippen LogP contribution in [0.4, 0.5) is 0 Å². The Balaban J connectivity index is 1.89. The third-order valence-corrected chi connectivity index (χ3v) is 2.83. The lowest BCUT2D eigenvalue weighted by atomic mass is 10.1. The second-order valence-electron chi connectivity index (χ2n) is 4.45. The van der Waals surface area contributed by atoms with Crippen LogP contribution in [-0.4, -0.2) is 26.3 Å². The summed E-state index contributed by atoms with van der Waals surface area (Å²) in [6, 6.07) is 6.07. The topological polar surface area (TPSA) is 56.5 Å². The van der Waals surface area contributed by atoms with E-state index < -0.39 is 0 Å². The van der Waals surface area contributed by atoms with Gasteiger partial charge in [0.2, 0.25) is 0 Å². The number of nitrogens with one attached hydrogen (secondary N) is 1. The van der Waals surface area contributed by atoms with Crippen molar-refractivity contribution in [2.45, 2.75) is 13.5 Å². The van der Waals surface area contributed by atoms with Gasteiger partial charge in [0.25, 0.3) is 0 Å². The predicted octanol–water partition coefficient (Wildman–Crippen LogP) is 1.14. The molecular weight excluding hydrogens is 216 g/mol. The van der Waals surface area contributed by atoms with Crippen LogP contribution in [-0.2, 0) is 6.54 Å². The first kappa shape index (κ1) is 12.2. The normalized spacial score (nSPS) is 15.6. The zero-order valence-electron chi connectivity index (χ0n) is 10.2. The summed E-state index contributed by atoms with van der Waals surface area (Å²) in [5.74, 6) is 2.20. The first-order chi connectivity index (χ1) is 8.29. The third kappa shape index (κ3) is 3.35. The molecule has 1 unspecified atom stereocenters. The van der Waals surface area contributed by atoms with Crippen LogP contribution in [0.2, 0.25) is 0 Å². The highest BCUT2D eigenvalue weighted by molar-refractivity contribution is 5.43. The minimum Gasteiger partial charge on any atom is -0.486 e. The molecule has 0 bridgehead atoms. The molecule has 1 aromatic carbocycles. The molecule has 1 atom stereocenters. The van der Waals surface area contributed by atoms with Gasteiger partial charge in [-0.2, -0.15) is 0 Å². The van der Waals surface area contributed by atoms with E-state index in [2.05, 4.69) is 18.3 Å². The number of hydrogen-bond donors (Lipinski definition) is 2. The SMILES string of the molecule is CC(CN)CNCc1ccc2c(c1)OCCO2. The first-order valence-electron chi connectivity index (χ1n) is 6.09. The molecule has 3 N–H and O–H groups in total. The van der Waals surface area contributed by atoms with Gasteiger partial charge in [0.05, 0.1) is 0 Å². The highest BCUT2D eigenvalue weighted by Crippen LogP contribution is 2.30. The number of hydrogen-bond acceptors (Lipinski definition) is 4. The number of rotatable bonds is 5. The van der Waals surface area contributed by atoms with Gasteiger partial charge < -0.3 is 20.5 Å². The Kier molecular flexibility index (Phi) is 4.23. The van der Waals surface area contributed by atoms with Crippen molar-refractivity contribution in [2.24, 2.45) is 11.7 Å². The molecule has 4 heteroatoms. The van der Waals surface area contributed by atoms with Gasteiger partial charge in [0, 0.05) is 6.54 Å². The molecule has 0 aliphatic carbocycles. The monoisotopic (exact) mass is 236 g/mol. The van der Waals surface area contributed by atoms with E-state index >= 15 is 0 Å². The number of nitrogens with two attached hydrogens (primary N) is 1.